The standard InChI is InChI=1S/C40H56N6O8/c1-26(44(8)38(52)54-40(5,6)7)34(48)43-33(39(2,3)4)36(50)46-22-21-45(32(47)23-41-37(51)53-25-27-15-10-9-11-16-27)24-31(46)35(49)42-30-20-14-18-28-17-12-13-19-29(28)30/h9-13,15-17,19,26,30-31,33H,14,18,20-25H2,1-8H3,(H,41,51)(H,42,49)(H,43,48)/t26-,30+,31-,33+/m0/s1. The first-order valence-electron chi connectivity index (χ1n) is 18.5. The van der Waals surface area contributed by atoms with Gasteiger partial charge in [-0.05, 0) is 69.1 Å². The van der Waals surface area contributed by atoms with Gasteiger partial charge in [-0.2, -0.15) is 0 Å². The summed E-state index contributed by atoms with van der Waals surface area (Å²) in [5.74, 6) is -1.95. The van der Waals surface area contributed by atoms with E-state index in [-0.39, 0.29) is 38.8 Å². The van der Waals surface area contributed by atoms with Gasteiger partial charge in [-0.3, -0.25) is 24.1 Å². The highest BCUT2D eigenvalue weighted by atomic mass is 16.6. The molecule has 0 bridgehead atoms. The van der Waals surface area contributed by atoms with Gasteiger partial charge in [-0.25, -0.2) is 9.59 Å². The number of piperazine rings is 1. The molecule has 0 unspecified atom stereocenters. The molecule has 54 heavy (non-hydrogen) atoms. The van der Waals surface area contributed by atoms with Gasteiger partial charge in [0.25, 0.3) is 0 Å². The molecule has 1 saturated heterocycles. The van der Waals surface area contributed by atoms with Crippen LogP contribution in [0.3, 0.4) is 0 Å². The first-order chi connectivity index (χ1) is 25.4. The predicted octanol–water partition coefficient (Wildman–Crippen LogP) is 3.93. The number of likely N-dealkylation sites (N-methyl/N-ethyl adjacent to an activating group) is 1. The zero-order valence-electron chi connectivity index (χ0n) is 32.8. The third-order valence-corrected chi connectivity index (χ3v) is 9.64. The van der Waals surface area contributed by atoms with Crippen molar-refractivity contribution >= 4 is 35.8 Å². The maximum Gasteiger partial charge on any atom is 0.410 e. The van der Waals surface area contributed by atoms with Crippen LogP contribution in [0.4, 0.5) is 9.59 Å². The Hall–Kier alpha value is -5.14. The Morgan fingerprint density at radius 3 is 2.26 bits per heavy atom. The molecule has 0 radical (unpaired) electrons. The molecule has 1 aliphatic carbocycles. The summed E-state index contributed by atoms with van der Waals surface area (Å²) in [6.45, 7) is 11.7. The molecule has 0 spiro atoms. The second kappa shape index (κ2) is 17.8. The molecule has 1 fully saturated rings. The van der Waals surface area contributed by atoms with Crippen LogP contribution in [0.15, 0.2) is 54.6 Å². The summed E-state index contributed by atoms with van der Waals surface area (Å²) in [5, 5.41) is 8.48. The Balaban J connectivity index is 1.51. The summed E-state index contributed by atoms with van der Waals surface area (Å²) >= 11 is 0. The monoisotopic (exact) mass is 748 g/mol. The number of hydrogen-bond donors (Lipinski definition) is 3. The lowest BCUT2D eigenvalue weighted by molar-refractivity contribution is -0.152. The van der Waals surface area contributed by atoms with E-state index in [4.69, 9.17) is 9.47 Å². The van der Waals surface area contributed by atoms with Crippen LogP contribution in [-0.4, -0.2) is 107 Å². The van der Waals surface area contributed by atoms with E-state index in [1.165, 1.54) is 28.7 Å². The molecule has 14 nitrogen and oxygen atoms in total. The summed E-state index contributed by atoms with van der Waals surface area (Å²) in [6, 6.07) is 13.6. The van der Waals surface area contributed by atoms with Crippen molar-refractivity contribution in [1.82, 2.24) is 30.7 Å². The topological polar surface area (TPSA) is 167 Å². The Labute approximate surface area is 318 Å². The van der Waals surface area contributed by atoms with Crippen LogP contribution in [0.5, 0.6) is 0 Å². The van der Waals surface area contributed by atoms with Crippen molar-refractivity contribution in [3.63, 3.8) is 0 Å². The van der Waals surface area contributed by atoms with Crippen LogP contribution < -0.4 is 16.0 Å². The minimum atomic E-state index is -1.10. The highest BCUT2D eigenvalue weighted by Crippen LogP contribution is 2.30. The SMILES string of the molecule is C[C@@H](C(=O)N[C@H](C(=O)N1CCN(C(=O)CNC(=O)OCc2ccccc2)C[C@H]1C(=O)N[C@@H]1CCCc2ccccc21)C(C)(C)C)N(C)C(=O)OC(C)(C)C. The minimum absolute atomic E-state index is 0.00180. The highest BCUT2D eigenvalue weighted by Gasteiger charge is 2.44. The van der Waals surface area contributed by atoms with E-state index >= 15 is 0 Å². The molecule has 2 aromatic rings. The van der Waals surface area contributed by atoms with E-state index in [2.05, 4.69) is 16.0 Å². The number of fused-ring (bicyclic) bond motifs is 1. The average molecular weight is 749 g/mol. The number of nitrogens with zero attached hydrogens (tertiary/aromatic N) is 3. The van der Waals surface area contributed by atoms with Crippen LogP contribution in [0.25, 0.3) is 0 Å². The normalized spacial score (nSPS) is 18.3. The van der Waals surface area contributed by atoms with Crippen LogP contribution in [0, 0.1) is 5.41 Å². The molecule has 6 amide bonds. The number of rotatable bonds is 10. The van der Waals surface area contributed by atoms with Gasteiger partial charge in [0.1, 0.15) is 36.9 Å². The Morgan fingerprint density at radius 1 is 0.926 bits per heavy atom. The van der Waals surface area contributed by atoms with E-state index < -0.39 is 65.0 Å². The molecule has 4 rings (SSSR count). The molecular weight excluding hydrogens is 692 g/mol. The third-order valence-electron chi connectivity index (χ3n) is 9.64. The van der Waals surface area contributed by atoms with E-state index in [0.29, 0.717) is 6.42 Å². The molecule has 4 atom stereocenters. The van der Waals surface area contributed by atoms with Crippen molar-refractivity contribution in [2.24, 2.45) is 5.41 Å². The summed E-state index contributed by atoms with van der Waals surface area (Å²) in [6.07, 6.45) is 1.03. The zero-order chi connectivity index (χ0) is 39.8. The zero-order valence-corrected chi connectivity index (χ0v) is 32.8. The van der Waals surface area contributed by atoms with E-state index in [0.717, 1.165) is 29.5 Å². The number of amides is 6. The van der Waals surface area contributed by atoms with E-state index in [9.17, 15) is 28.8 Å². The summed E-state index contributed by atoms with van der Waals surface area (Å²) < 4.78 is 10.7. The molecule has 2 aromatic carbocycles. The van der Waals surface area contributed by atoms with Gasteiger partial charge < -0.3 is 35.2 Å². The van der Waals surface area contributed by atoms with Crippen molar-refractivity contribution in [3.8, 4) is 0 Å². The van der Waals surface area contributed by atoms with Crippen LogP contribution in [-0.2, 0) is 41.7 Å². The maximum absolute atomic E-state index is 14.5. The molecule has 0 saturated carbocycles. The quantitative estimate of drug-likeness (QED) is 0.329. The van der Waals surface area contributed by atoms with Crippen LogP contribution in [0.1, 0.15) is 84.0 Å². The average Bonchev–Trinajstić information content (AvgIpc) is 3.13. The maximum atomic E-state index is 14.5. The molecule has 294 valence electrons. The number of aryl methyl sites for hydroxylation is 1. The fourth-order valence-electron chi connectivity index (χ4n) is 6.45. The van der Waals surface area contributed by atoms with Crippen molar-refractivity contribution < 1.29 is 38.2 Å². The van der Waals surface area contributed by atoms with Crippen molar-refractivity contribution in [2.75, 3.05) is 33.2 Å². The lowest BCUT2D eigenvalue weighted by Crippen LogP contribution is -2.67. The largest absolute Gasteiger partial charge is 0.445 e. The fraction of sp³-hybridized carbons (Fsp3) is 0.550. The third kappa shape index (κ3) is 11.2. The predicted molar refractivity (Wildman–Crippen MR) is 202 cm³/mol. The number of carbonyl (C=O) groups is 6. The van der Waals surface area contributed by atoms with Crippen molar-refractivity contribution in [3.05, 3.63) is 71.3 Å². The van der Waals surface area contributed by atoms with Gasteiger partial charge in [0, 0.05) is 20.1 Å². The van der Waals surface area contributed by atoms with Crippen LogP contribution in [0.2, 0.25) is 0 Å². The van der Waals surface area contributed by atoms with E-state index in [1.54, 1.807) is 41.5 Å². The number of carbonyl (C=O) groups excluding carboxylic acids is 6. The fourth-order valence-corrected chi connectivity index (χ4v) is 6.45. The molecule has 3 N–H and O–H groups in total. The molecule has 2 aliphatic rings. The smallest absolute Gasteiger partial charge is 0.410 e. The lowest BCUT2D eigenvalue weighted by Gasteiger charge is -2.44. The minimum Gasteiger partial charge on any atom is -0.445 e. The molecule has 14 heteroatoms. The number of alkyl carbamates (subject to hydrolysis) is 1. The van der Waals surface area contributed by atoms with Gasteiger partial charge >= 0.3 is 12.2 Å². The Bertz CT molecular complexity index is 1670. The first kappa shape index (κ1) is 41.6. The molecule has 1 aliphatic heterocycles. The summed E-state index contributed by atoms with van der Waals surface area (Å²) in [4.78, 5) is 84.9. The van der Waals surface area contributed by atoms with Gasteiger partial charge in [0.05, 0.1) is 12.6 Å². The molecule has 0 aromatic heterocycles. The number of nitrogens with one attached hydrogen (secondary N) is 3. The van der Waals surface area contributed by atoms with Gasteiger partial charge in [0.2, 0.25) is 23.6 Å². The van der Waals surface area contributed by atoms with Gasteiger partial charge in [-0.15, -0.1) is 0 Å². The van der Waals surface area contributed by atoms with Crippen LogP contribution >= 0.6 is 0 Å². The number of benzene rings is 2. The lowest BCUT2D eigenvalue weighted by atomic mass is 9.85. The first-order valence-corrected chi connectivity index (χ1v) is 18.5. The number of hydrogen-bond acceptors (Lipinski definition) is 8. The Kier molecular flexibility index (Phi) is 13.7. The summed E-state index contributed by atoms with van der Waals surface area (Å²) in [7, 11) is 1.45. The van der Waals surface area contributed by atoms with Gasteiger partial charge in [-0.1, -0.05) is 75.4 Å². The second-order valence-corrected chi connectivity index (χ2v) is 16.0. The Morgan fingerprint density at radius 2 is 1.59 bits per heavy atom. The second-order valence-electron chi connectivity index (χ2n) is 16.0. The van der Waals surface area contributed by atoms with Crippen molar-refractivity contribution in [2.45, 2.75) is 104 Å². The molecule has 1 heterocycles. The van der Waals surface area contributed by atoms with Gasteiger partial charge in [0.15, 0.2) is 0 Å². The molecular formula is C40H56N6O8. The van der Waals surface area contributed by atoms with Crippen molar-refractivity contribution in [1.29, 1.82) is 0 Å². The highest BCUT2D eigenvalue weighted by molar-refractivity contribution is 5.95. The van der Waals surface area contributed by atoms with E-state index in [1.807, 2.05) is 54.6 Å². The summed E-state index contributed by atoms with van der Waals surface area (Å²) in [5.41, 5.74) is 1.38. The number of ether oxygens (including phenoxy) is 2.